The molecule has 0 bridgehead atoms. The van der Waals surface area contributed by atoms with E-state index in [1.807, 2.05) is 23.1 Å². The molecule has 0 fully saturated rings. The molecule has 7 nitrogen and oxygen atoms in total. The predicted molar refractivity (Wildman–Crippen MR) is 102 cm³/mol. The van der Waals surface area contributed by atoms with Gasteiger partial charge in [0.05, 0.1) is 34.5 Å². The standard InChI is InChI=1S/C19H26N2O5/c1-24-17-7-5-14(18(25-2)19(17)26-3)15-12-13(4-6-16(15)20)21(8-10-22)9-11-23/h4-7,12,22-23H,8-11,20H2,1-3H3. The second kappa shape index (κ2) is 9.17. The van der Waals surface area contributed by atoms with Gasteiger partial charge in [-0.05, 0) is 30.3 Å². The molecule has 0 radical (unpaired) electrons. The first-order chi connectivity index (χ1) is 12.6. The minimum absolute atomic E-state index is 0.0145. The van der Waals surface area contributed by atoms with Crippen molar-refractivity contribution in [2.45, 2.75) is 0 Å². The first kappa shape index (κ1) is 19.7. The van der Waals surface area contributed by atoms with Crippen LogP contribution in [-0.2, 0) is 0 Å². The van der Waals surface area contributed by atoms with E-state index >= 15 is 0 Å². The SMILES string of the molecule is COc1ccc(-c2cc(N(CCO)CCO)ccc2N)c(OC)c1OC. The highest BCUT2D eigenvalue weighted by Gasteiger charge is 2.19. The van der Waals surface area contributed by atoms with Crippen molar-refractivity contribution in [3.8, 4) is 28.4 Å². The second-order valence-corrected chi connectivity index (χ2v) is 5.59. The smallest absolute Gasteiger partial charge is 0.203 e. The van der Waals surface area contributed by atoms with E-state index in [1.165, 1.54) is 0 Å². The molecule has 0 amide bonds. The number of ether oxygens (including phenoxy) is 3. The number of hydrogen-bond donors (Lipinski definition) is 3. The van der Waals surface area contributed by atoms with Crippen LogP contribution >= 0.6 is 0 Å². The van der Waals surface area contributed by atoms with Crippen molar-refractivity contribution in [3.05, 3.63) is 30.3 Å². The Hall–Kier alpha value is -2.64. The zero-order chi connectivity index (χ0) is 19.1. The zero-order valence-corrected chi connectivity index (χ0v) is 15.4. The van der Waals surface area contributed by atoms with Crippen LogP contribution in [0, 0.1) is 0 Å². The van der Waals surface area contributed by atoms with Gasteiger partial charge in [-0.1, -0.05) is 0 Å². The number of nitrogens with two attached hydrogens (primary N) is 1. The van der Waals surface area contributed by atoms with Crippen molar-refractivity contribution in [1.82, 2.24) is 0 Å². The zero-order valence-electron chi connectivity index (χ0n) is 15.4. The van der Waals surface area contributed by atoms with Crippen LogP contribution in [0.3, 0.4) is 0 Å². The fourth-order valence-corrected chi connectivity index (χ4v) is 2.90. The van der Waals surface area contributed by atoms with Gasteiger partial charge in [0.15, 0.2) is 11.5 Å². The summed E-state index contributed by atoms with van der Waals surface area (Å²) in [5, 5.41) is 18.6. The van der Waals surface area contributed by atoms with Crippen LogP contribution in [0.15, 0.2) is 30.3 Å². The fourth-order valence-electron chi connectivity index (χ4n) is 2.90. The molecule has 0 aliphatic heterocycles. The quantitative estimate of drug-likeness (QED) is 0.585. The molecule has 0 spiro atoms. The Morgan fingerprint density at radius 1 is 0.846 bits per heavy atom. The van der Waals surface area contributed by atoms with Crippen molar-refractivity contribution in [2.24, 2.45) is 0 Å². The summed E-state index contributed by atoms with van der Waals surface area (Å²) >= 11 is 0. The number of rotatable bonds is 9. The third-order valence-electron chi connectivity index (χ3n) is 4.14. The van der Waals surface area contributed by atoms with Crippen LogP contribution in [0.25, 0.3) is 11.1 Å². The molecule has 0 aromatic heterocycles. The summed E-state index contributed by atoms with van der Waals surface area (Å²) in [6.07, 6.45) is 0. The molecule has 0 unspecified atom stereocenters. The first-order valence-electron chi connectivity index (χ1n) is 8.26. The highest BCUT2D eigenvalue weighted by Crippen LogP contribution is 2.46. The van der Waals surface area contributed by atoms with Gasteiger partial charge < -0.3 is 35.1 Å². The molecular formula is C19H26N2O5. The molecule has 0 aliphatic carbocycles. The molecule has 4 N–H and O–H groups in total. The number of methoxy groups -OCH3 is 3. The summed E-state index contributed by atoms with van der Waals surface area (Å²) in [5.41, 5.74) is 9.15. The van der Waals surface area contributed by atoms with E-state index in [0.717, 1.165) is 16.8 Å². The average Bonchev–Trinajstić information content (AvgIpc) is 2.67. The lowest BCUT2D eigenvalue weighted by Gasteiger charge is -2.24. The molecule has 2 aromatic rings. The number of anilines is 2. The van der Waals surface area contributed by atoms with E-state index in [9.17, 15) is 10.2 Å². The normalized spacial score (nSPS) is 10.5. The largest absolute Gasteiger partial charge is 0.493 e. The molecule has 2 rings (SSSR count). The van der Waals surface area contributed by atoms with E-state index in [-0.39, 0.29) is 13.2 Å². The maximum absolute atomic E-state index is 9.28. The van der Waals surface area contributed by atoms with Gasteiger partial charge in [0.1, 0.15) is 0 Å². The molecule has 0 saturated heterocycles. The third-order valence-corrected chi connectivity index (χ3v) is 4.14. The van der Waals surface area contributed by atoms with Crippen molar-refractivity contribution in [3.63, 3.8) is 0 Å². The van der Waals surface area contributed by atoms with Crippen LogP contribution in [0.2, 0.25) is 0 Å². The van der Waals surface area contributed by atoms with Crippen LogP contribution in [-0.4, -0.2) is 57.8 Å². The molecule has 142 valence electrons. The molecule has 7 heteroatoms. The van der Waals surface area contributed by atoms with Crippen molar-refractivity contribution < 1.29 is 24.4 Å². The number of nitrogens with zero attached hydrogens (tertiary/aromatic N) is 1. The van der Waals surface area contributed by atoms with Gasteiger partial charge in [-0.15, -0.1) is 0 Å². The van der Waals surface area contributed by atoms with E-state index in [4.69, 9.17) is 19.9 Å². The van der Waals surface area contributed by atoms with E-state index < -0.39 is 0 Å². The van der Waals surface area contributed by atoms with Crippen molar-refractivity contribution in [1.29, 1.82) is 0 Å². The average molecular weight is 362 g/mol. The number of aliphatic hydroxyl groups excluding tert-OH is 2. The van der Waals surface area contributed by atoms with Gasteiger partial charge in [0.25, 0.3) is 0 Å². The number of nitrogen functional groups attached to an aromatic ring is 1. The van der Waals surface area contributed by atoms with E-state index in [0.29, 0.717) is 36.0 Å². The maximum atomic E-state index is 9.28. The summed E-state index contributed by atoms with van der Waals surface area (Å²) in [5.74, 6) is 1.57. The van der Waals surface area contributed by atoms with Gasteiger partial charge in [-0.25, -0.2) is 0 Å². The molecule has 0 heterocycles. The summed E-state index contributed by atoms with van der Waals surface area (Å²) in [7, 11) is 4.67. The van der Waals surface area contributed by atoms with Gasteiger partial charge in [-0.3, -0.25) is 0 Å². The highest BCUT2D eigenvalue weighted by atomic mass is 16.5. The third kappa shape index (κ3) is 3.95. The monoisotopic (exact) mass is 362 g/mol. The van der Waals surface area contributed by atoms with Gasteiger partial charge in [0.2, 0.25) is 5.75 Å². The second-order valence-electron chi connectivity index (χ2n) is 5.59. The Morgan fingerprint density at radius 2 is 1.50 bits per heavy atom. The van der Waals surface area contributed by atoms with Gasteiger partial charge in [-0.2, -0.15) is 0 Å². The fraction of sp³-hybridized carbons (Fsp3) is 0.368. The first-order valence-corrected chi connectivity index (χ1v) is 8.26. The summed E-state index contributed by atoms with van der Waals surface area (Å²) in [4.78, 5) is 1.89. The molecule has 0 atom stereocenters. The van der Waals surface area contributed by atoms with Crippen LogP contribution in [0.4, 0.5) is 11.4 Å². The number of hydrogen-bond acceptors (Lipinski definition) is 7. The van der Waals surface area contributed by atoms with Gasteiger partial charge >= 0.3 is 0 Å². The van der Waals surface area contributed by atoms with Crippen LogP contribution < -0.4 is 24.8 Å². The Kier molecular flexibility index (Phi) is 6.94. The number of benzene rings is 2. The lowest BCUT2D eigenvalue weighted by atomic mass is 10.0. The Morgan fingerprint density at radius 3 is 2.04 bits per heavy atom. The molecular weight excluding hydrogens is 336 g/mol. The summed E-state index contributed by atoms with van der Waals surface area (Å²) in [6.45, 7) is 0.790. The predicted octanol–water partition coefficient (Wildman–Crippen LogP) is 1.75. The number of aliphatic hydroxyl groups is 2. The van der Waals surface area contributed by atoms with Crippen LogP contribution in [0.5, 0.6) is 17.2 Å². The van der Waals surface area contributed by atoms with E-state index in [1.54, 1.807) is 33.5 Å². The maximum Gasteiger partial charge on any atom is 0.203 e. The Bertz CT molecular complexity index is 730. The Labute approximate surface area is 153 Å². The molecule has 2 aromatic carbocycles. The van der Waals surface area contributed by atoms with Crippen molar-refractivity contribution in [2.75, 3.05) is 58.3 Å². The van der Waals surface area contributed by atoms with Crippen LogP contribution in [0.1, 0.15) is 0 Å². The molecule has 0 saturated carbocycles. The van der Waals surface area contributed by atoms with E-state index in [2.05, 4.69) is 0 Å². The minimum Gasteiger partial charge on any atom is -0.493 e. The molecule has 26 heavy (non-hydrogen) atoms. The minimum atomic E-state index is -0.0145. The van der Waals surface area contributed by atoms with Gasteiger partial charge in [0, 0.05) is 35.6 Å². The summed E-state index contributed by atoms with van der Waals surface area (Å²) < 4.78 is 16.3. The highest BCUT2D eigenvalue weighted by molar-refractivity contribution is 5.86. The lowest BCUT2D eigenvalue weighted by Crippen LogP contribution is -2.29. The molecule has 0 aliphatic rings. The Balaban J connectivity index is 2.59. The summed E-state index contributed by atoms with van der Waals surface area (Å²) in [6, 6.07) is 9.21. The van der Waals surface area contributed by atoms with Crippen molar-refractivity contribution >= 4 is 11.4 Å². The topological polar surface area (TPSA) is 97.4 Å². The lowest BCUT2D eigenvalue weighted by molar-refractivity contribution is 0.281.